The first-order valence-electron chi connectivity index (χ1n) is 7.16. The number of hydrogen-bond donors (Lipinski definition) is 0. The van der Waals surface area contributed by atoms with Crippen molar-refractivity contribution in [2.75, 3.05) is 13.2 Å². The smallest absolute Gasteiger partial charge is 0.333 e. The summed E-state index contributed by atoms with van der Waals surface area (Å²) in [5.74, 6) is 0.597. The maximum Gasteiger partial charge on any atom is 0.333 e. The van der Waals surface area contributed by atoms with Crippen molar-refractivity contribution in [2.24, 2.45) is 0 Å². The summed E-state index contributed by atoms with van der Waals surface area (Å²) in [6, 6.07) is 12.1. The zero-order chi connectivity index (χ0) is 15.2. The van der Waals surface area contributed by atoms with Gasteiger partial charge in [-0.25, -0.2) is 4.79 Å². The predicted molar refractivity (Wildman–Crippen MR) is 85.4 cm³/mol. The number of carbonyl (C=O) groups excluding carboxylic acids is 1. The SMILES string of the molecule is CCOC(=O)/C(C)=C/c1ccc2cc(OCC)ccc2c1. The van der Waals surface area contributed by atoms with E-state index < -0.39 is 0 Å². The van der Waals surface area contributed by atoms with Crippen molar-refractivity contribution in [3.05, 3.63) is 47.5 Å². The van der Waals surface area contributed by atoms with E-state index in [1.54, 1.807) is 13.8 Å². The third kappa shape index (κ3) is 3.85. The van der Waals surface area contributed by atoms with Crippen molar-refractivity contribution in [1.29, 1.82) is 0 Å². The fourth-order valence-corrected chi connectivity index (χ4v) is 2.14. The molecule has 0 unspecified atom stereocenters. The monoisotopic (exact) mass is 284 g/mol. The Morgan fingerprint density at radius 3 is 2.48 bits per heavy atom. The van der Waals surface area contributed by atoms with Crippen LogP contribution in [0.1, 0.15) is 26.3 Å². The molecule has 110 valence electrons. The molecule has 0 saturated carbocycles. The Morgan fingerprint density at radius 1 is 1.05 bits per heavy atom. The zero-order valence-corrected chi connectivity index (χ0v) is 12.7. The van der Waals surface area contributed by atoms with Crippen LogP contribution in [0.15, 0.2) is 42.0 Å². The third-order valence-corrected chi connectivity index (χ3v) is 3.13. The van der Waals surface area contributed by atoms with Gasteiger partial charge in [0.15, 0.2) is 0 Å². The Morgan fingerprint density at radius 2 is 1.76 bits per heavy atom. The van der Waals surface area contributed by atoms with Crippen LogP contribution in [0, 0.1) is 0 Å². The van der Waals surface area contributed by atoms with Crippen LogP contribution >= 0.6 is 0 Å². The highest BCUT2D eigenvalue weighted by Gasteiger charge is 2.05. The average Bonchev–Trinajstić information content (AvgIpc) is 2.48. The van der Waals surface area contributed by atoms with E-state index in [1.807, 2.05) is 49.4 Å². The van der Waals surface area contributed by atoms with Crippen molar-refractivity contribution in [3.63, 3.8) is 0 Å². The number of esters is 1. The molecule has 0 N–H and O–H groups in total. The fraction of sp³-hybridized carbons (Fsp3) is 0.278. The number of ether oxygens (including phenoxy) is 2. The molecule has 2 aromatic carbocycles. The van der Waals surface area contributed by atoms with E-state index in [0.717, 1.165) is 22.1 Å². The van der Waals surface area contributed by atoms with Gasteiger partial charge in [-0.15, -0.1) is 0 Å². The molecule has 0 aliphatic rings. The number of rotatable bonds is 5. The molecule has 0 fully saturated rings. The third-order valence-electron chi connectivity index (χ3n) is 3.13. The summed E-state index contributed by atoms with van der Waals surface area (Å²) in [6.45, 7) is 6.58. The summed E-state index contributed by atoms with van der Waals surface area (Å²) in [4.78, 5) is 11.6. The van der Waals surface area contributed by atoms with Crippen LogP contribution in [0.5, 0.6) is 5.75 Å². The maximum absolute atomic E-state index is 11.6. The van der Waals surface area contributed by atoms with E-state index >= 15 is 0 Å². The summed E-state index contributed by atoms with van der Waals surface area (Å²) < 4.78 is 10.5. The molecule has 0 radical (unpaired) electrons. The highest BCUT2D eigenvalue weighted by atomic mass is 16.5. The van der Waals surface area contributed by atoms with E-state index in [4.69, 9.17) is 9.47 Å². The quantitative estimate of drug-likeness (QED) is 0.609. The second-order valence-corrected chi connectivity index (χ2v) is 4.75. The van der Waals surface area contributed by atoms with Crippen LogP contribution in [-0.4, -0.2) is 19.2 Å². The Kier molecular flexibility index (Phi) is 4.99. The summed E-state index contributed by atoms with van der Waals surface area (Å²) in [7, 11) is 0. The van der Waals surface area contributed by atoms with Crippen LogP contribution in [-0.2, 0) is 9.53 Å². The van der Waals surface area contributed by atoms with E-state index in [-0.39, 0.29) is 5.97 Å². The van der Waals surface area contributed by atoms with Gasteiger partial charge in [-0.1, -0.05) is 18.2 Å². The first-order valence-corrected chi connectivity index (χ1v) is 7.16. The molecule has 0 atom stereocenters. The van der Waals surface area contributed by atoms with Gasteiger partial charge in [-0.05, 0) is 61.4 Å². The molecule has 3 heteroatoms. The van der Waals surface area contributed by atoms with Crippen LogP contribution in [0.25, 0.3) is 16.8 Å². The zero-order valence-electron chi connectivity index (χ0n) is 12.7. The number of carbonyl (C=O) groups is 1. The normalized spacial score (nSPS) is 11.5. The van der Waals surface area contributed by atoms with Crippen LogP contribution in [0.3, 0.4) is 0 Å². The largest absolute Gasteiger partial charge is 0.494 e. The number of hydrogen-bond acceptors (Lipinski definition) is 3. The molecule has 3 nitrogen and oxygen atoms in total. The first kappa shape index (κ1) is 15.1. The number of benzene rings is 2. The van der Waals surface area contributed by atoms with Gasteiger partial charge in [0, 0.05) is 5.57 Å². The standard InChI is InChI=1S/C18H20O3/c1-4-20-17-9-8-15-11-14(6-7-16(15)12-17)10-13(3)18(19)21-5-2/h6-12H,4-5H2,1-3H3/b13-10+. The van der Waals surface area contributed by atoms with Gasteiger partial charge in [-0.2, -0.15) is 0 Å². The van der Waals surface area contributed by atoms with Crippen molar-refractivity contribution < 1.29 is 14.3 Å². The minimum atomic E-state index is -0.274. The molecule has 0 aliphatic carbocycles. The van der Waals surface area contributed by atoms with Crippen molar-refractivity contribution in [2.45, 2.75) is 20.8 Å². The van der Waals surface area contributed by atoms with E-state index in [1.165, 1.54) is 0 Å². The molecule has 0 amide bonds. The Balaban J connectivity index is 2.29. The van der Waals surface area contributed by atoms with E-state index in [0.29, 0.717) is 18.8 Å². The lowest BCUT2D eigenvalue weighted by Gasteiger charge is -2.06. The van der Waals surface area contributed by atoms with Crippen molar-refractivity contribution >= 4 is 22.8 Å². The van der Waals surface area contributed by atoms with Gasteiger partial charge >= 0.3 is 5.97 Å². The lowest BCUT2D eigenvalue weighted by molar-refractivity contribution is -0.138. The minimum absolute atomic E-state index is 0.274. The number of fused-ring (bicyclic) bond motifs is 1. The lowest BCUT2D eigenvalue weighted by atomic mass is 10.0. The summed E-state index contributed by atoms with van der Waals surface area (Å²) in [5.41, 5.74) is 1.58. The molecule has 2 aromatic rings. The second kappa shape index (κ2) is 6.93. The highest BCUT2D eigenvalue weighted by molar-refractivity contribution is 5.94. The molecule has 0 heterocycles. The molecular weight excluding hydrogens is 264 g/mol. The van der Waals surface area contributed by atoms with Gasteiger partial charge in [0.25, 0.3) is 0 Å². The van der Waals surface area contributed by atoms with Gasteiger partial charge in [0.1, 0.15) is 5.75 Å². The molecule has 0 bridgehead atoms. The van der Waals surface area contributed by atoms with Crippen LogP contribution < -0.4 is 4.74 Å². The lowest BCUT2D eigenvalue weighted by Crippen LogP contribution is -2.04. The Hall–Kier alpha value is -2.29. The molecule has 2 rings (SSSR count). The van der Waals surface area contributed by atoms with Gasteiger partial charge in [-0.3, -0.25) is 0 Å². The first-order chi connectivity index (χ1) is 10.1. The second-order valence-electron chi connectivity index (χ2n) is 4.75. The Labute approximate surface area is 125 Å². The van der Waals surface area contributed by atoms with Crippen molar-refractivity contribution in [1.82, 2.24) is 0 Å². The van der Waals surface area contributed by atoms with Gasteiger partial charge < -0.3 is 9.47 Å². The van der Waals surface area contributed by atoms with Crippen LogP contribution in [0.2, 0.25) is 0 Å². The summed E-state index contributed by atoms with van der Waals surface area (Å²) >= 11 is 0. The summed E-state index contributed by atoms with van der Waals surface area (Å²) in [5, 5.41) is 2.23. The van der Waals surface area contributed by atoms with Crippen LogP contribution in [0.4, 0.5) is 0 Å². The van der Waals surface area contributed by atoms with Gasteiger partial charge in [0.2, 0.25) is 0 Å². The topological polar surface area (TPSA) is 35.5 Å². The molecule has 0 aromatic heterocycles. The maximum atomic E-state index is 11.6. The highest BCUT2D eigenvalue weighted by Crippen LogP contribution is 2.23. The minimum Gasteiger partial charge on any atom is -0.494 e. The van der Waals surface area contributed by atoms with E-state index in [2.05, 4.69) is 0 Å². The van der Waals surface area contributed by atoms with E-state index in [9.17, 15) is 4.79 Å². The molecule has 21 heavy (non-hydrogen) atoms. The fourth-order valence-electron chi connectivity index (χ4n) is 2.14. The molecule has 0 aliphatic heterocycles. The predicted octanol–water partition coefficient (Wildman–Crippen LogP) is 4.20. The Bertz CT molecular complexity index is 671. The molecular formula is C18H20O3. The molecule has 0 spiro atoms. The van der Waals surface area contributed by atoms with Crippen molar-refractivity contribution in [3.8, 4) is 5.75 Å². The molecule has 0 saturated heterocycles. The van der Waals surface area contributed by atoms with Gasteiger partial charge in [0.05, 0.1) is 13.2 Å². The average molecular weight is 284 g/mol. The summed E-state index contributed by atoms with van der Waals surface area (Å²) in [6.07, 6.45) is 1.84.